The molecular formula is C12H13NO2S. The van der Waals surface area contributed by atoms with Crippen LogP contribution in [0.4, 0.5) is 0 Å². The third-order valence-corrected chi connectivity index (χ3v) is 3.15. The molecule has 0 saturated carbocycles. The van der Waals surface area contributed by atoms with E-state index in [0.29, 0.717) is 6.42 Å². The van der Waals surface area contributed by atoms with Gasteiger partial charge in [-0.05, 0) is 17.7 Å². The van der Waals surface area contributed by atoms with Gasteiger partial charge in [-0.15, -0.1) is 11.3 Å². The van der Waals surface area contributed by atoms with Gasteiger partial charge in [-0.2, -0.15) is 0 Å². The fraction of sp³-hybridized carbons (Fsp3) is 0.250. The van der Waals surface area contributed by atoms with Crippen LogP contribution in [-0.2, 0) is 6.42 Å². The van der Waals surface area contributed by atoms with Gasteiger partial charge in [0.2, 0.25) is 0 Å². The molecule has 1 aromatic heterocycles. The second-order valence-electron chi connectivity index (χ2n) is 3.42. The van der Waals surface area contributed by atoms with Crippen molar-refractivity contribution >= 4 is 11.3 Å². The largest absolute Gasteiger partial charge is 0.497 e. The van der Waals surface area contributed by atoms with Gasteiger partial charge in [0.15, 0.2) is 0 Å². The summed E-state index contributed by atoms with van der Waals surface area (Å²) in [6.07, 6.45) is 1.81. The molecule has 0 bridgehead atoms. The molecule has 4 heteroatoms. The second kappa shape index (κ2) is 5.09. The third-order valence-electron chi connectivity index (χ3n) is 2.35. The molecule has 1 heterocycles. The highest BCUT2D eigenvalue weighted by Gasteiger charge is 2.09. The van der Waals surface area contributed by atoms with Crippen molar-refractivity contribution < 1.29 is 9.84 Å². The molecule has 0 aliphatic heterocycles. The smallest absolute Gasteiger partial charge is 0.118 e. The summed E-state index contributed by atoms with van der Waals surface area (Å²) in [6, 6.07) is 7.44. The molecule has 1 atom stereocenters. The molecule has 1 aromatic carbocycles. The van der Waals surface area contributed by atoms with Gasteiger partial charge in [0.25, 0.3) is 0 Å². The van der Waals surface area contributed by atoms with Gasteiger partial charge in [-0.3, -0.25) is 0 Å². The van der Waals surface area contributed by atoms with Crippen LogP contribution in [0.3, 0.4) is 0 Å². The van der Waals surface area contributed by atoms with E-state index in [1.165, 1.54) is 0 Å². The number of thiazole rings is 1. The standard InChI is InChI=1S/C12H13NO2S/c1-15-10-4-2-9(3-5-10)11(14)8-12-13-6-7-16-12/h2-7,11,14H,8H2,1H3. The van der Waals surface area contributed by atoms with Gasteiger partial charge >= 0.3 is 0 Å². The summed E-state index contributed by atoms with van der Waals surface area (Å²) in [6.45, 7) is 0. The van der Waals surface area contributed by atoms with Crippen LogP contribution in [0.25, 0.3) is 0 Å². The number of rotatable bonds is 4. The lowest BCUT2D eigenvalue weighted by atomic mass is 10.1. The third kappa shape index (κ3) is 2.59. The number of aliphatic hydroxyl groups is 1. The number of hydrogen-bond donors (Lipinski definition) is 1. The minimum Gasteiger partial charge on any atom is -0.497 e. The Labute approximate surface area is 98.4 Å². The van der Waals surface area contributed by atoms with Gasteiger partial charge in [0, 0.05) is 18.0 Å². The summed E-state index contributed by atoms with van der Waals surface area (Å²) >= 11 is 1.56. The molecule has 0 radical (unpaired) electrons. The van der Waals surface area contributed by atoms with Crippen molar-refractivity contribution in [2.75, 3.05) is 7.11 Å². The van der Waals surface area contributed by atoms with E-state index in [2.05, 4.69) is 4.98 Å². The van der Waals surface area contributed by atoms with Gasteiger partial charge in [0.05, 0.1) is 18.2 Å². The van der Waals surface area contributed by atoms with Crippen LogP contribution in [0.15, 0.2) is 35.8 Å². The molecule has 84 valence electrons. The highest BCUT2D eigenvalue weighted by atomic mass is 32.1. The Morgan fingerprint density at radius 1 is 1.38 bits per heavy atom. The fourth-order valence-corrected chi connectivity index (χ4v) is 2.12. The van der Waals surface area contributed by atoms with Gasteiger partial charge in [-0.25, -0.2) is 4.98 Å². The lowest BCUT2D eigenvalue weighted by Gasteiger charge is -2.09. The van der Waals surface area contributed by atoms with Crippen molar-refractivity contribution in [3.8, 4) is 5.75 Å². The number of methoxy groups -OCH3 is 1. The normalized spacial score (nSPS) is 12.4. The quantitative estimate of drug-likeness (QED) is 0.885. The molecule has 0 amide bonds. The fourth-order valence-electron chi connectivity index (χ4n) is 1.46. The first-order chi connectivity index (χ1) is 7.79. The first-order valence-electron chi connectivity index (χ1n) is 5.00. The summed E-state index contributed by atoms with van der Waals surface area (Å²) in [5.74, 6) is 0.796. The molecule has 1 unspecified atom stereocenters. The molecule has 0 aliphatic rings. The number of benzene rings is 1. The Hall–Kier alpha value is -1.39. The Balaban J connectivity index is 2.05. The number of nitrogens with zero attached hydrogens (tertiary/aromatic N) is 1. The van der Waals surface area contributed by atoms with E-state index >= 15 is 0 Å². The maximum atomic E-state index is 9.98. The van der Waals surface area contributed by atoms with Crippen LogP contribution < -0.4 is 4.74 Å². The first kappa shape index (κ1) is 11.1. The minimum atomic E-state index is -0.503. The summed E-state index contributed by atoms with van der Waals surface area (Å²) in [4.78, 5) is 4.15. The molecule has 0 aliphatic carbocycles. The minimum absolute atomic E-state index is 0.503. The van der Waals surface area contributed by atoms with Crippen LogP contribution in [0.5, 0.6) is 5.75 Å². The molecule has 2 rings (SSSR count). The van der Waals surface area contributed by atoms with E-state index < -0.39 is 6.10 Å². The van der Waals surface area contributed by atoms with E-state index in [1.807, 2.05) is 29.6 Å². The maximum absolute atomic E-state index is 9.98. The van der Waals surface area contributed by atoms with Crippen molar-refractivity contribution in [2.24, 2.45) is 0 Å². The zero-order chi connectivity index (χ0) is 11.4. The molecule has 1 N–H and O–H groups in total. The Morgan fingerprint density at radius 3 is 2.69 bits per heavy atom. The molecular weight excluding hydrogens is 222 g/mol. The van der Waals surface area contributed by atoms with Crippen molar-refractivity contribution in [1.29, 1.82) is 0 Å². The first-order valence-corrected chi connectivity index (χ1v) is 5.88. The molecule has 0 saturated heterocycles. The topological polar surface area (TPSA) is 42.4 Å². The highest BCUT2D eigenvalue weighted by Crippen LogP contribution is 2.21. The zero-order valence-electron chi connectivity index (χ0n) is 8.96. The molecule has 0 fully saturated rings. The zero-order valence-corrected chi connectivity index (χ0v) is 9.78. The van der Waals surface area contributed by atoms with E-state index in [4.69, 9.17) is 4.74 Å². The number of aliphatic hydroxyl groups excluding tert-OH is 1. The predicted octanol–water partition coefficient (Wildman–Crippen LogP) is 2.43. The second-order valence-corrected chi connectivity index (χ2v) is 4.40. The summed E-state index contributed by atoms with van der Waals surface area (Å²) in [5, 5.41) is 12.8. The Bertz CT molecular complexity index is 425. The predicted molar refractivity (Wildman–Crippen MR) is 63.8 cm³/mol. The lowest BCUT2D eigenvalue weighted by molar-refractivity contribution is 0.178. The van der Waals surface area contributed by atoms with E-state index in [1.54, 1.807) is 24.6 Å². The van der Waals surface area contributed by atoms with E-state index in [-0.39, 0.29) is 0 Å². The van der Waals surface area contributed by atoms with E-state index in [0.717, 1.165) is 16.3 Å². The Morgan fingerprint density at radius 2 is 2.12 bits per heavy atom. The summed E-state index contributed by atoms with van der Waals surface area (Å²) in [5.41, 5.74) is 0.885. The monoisotopic (exact) mass is 235 g/mol. The molecule has 16 heavy (non-hydrogen) atoms. The van der Waals surface area contributed by atoms with Crippen molar-refractivity contribution in [2.45, 2.75) is 12.5 Å². The average Bonchev–Trinajstić information content (AvgIpc) is 2.82. The molecule has 0 spiro atoms. The van der Waals surface area contributed by atoms with Gasteiger partial charge in [-0.1, -0.05) is 12.1 Å². The van der Waals surface area contributed by atoms with Crippen molar-refractivity contribution in [3.63, 3.8) is 0 Å². The van der Waals surface area contributed by atoms with Crippen LogP contribution >= 0.6 is 11.3 Å². The van der Waals surface area contributed by atoms with Crippen molar-refractivity contribution in [1.82, 2.24) is 4.98 Å². The van der Waals surface area contributed by atoms with Crippen LogP contribution in [0.1, 0.15) is 16.7 Å². The SMILES string of the molecule is COc1ccc(C(O)Cc2nccs2)cc1. The summed E-state index contributed by atoms with van der Waals surface area (Å²) < 4.78 is 5.06. The lowest BCUT2D eigenvalue weighted by Crippen LogP contribution is -2.01. The average molecular weight is 235 g/mol. The Kier molecular flexibility index (Phi) is 3.54. The number of hydrogen-bond acceptors (Lipinski definition) is 4. The number of aromatic nitrogens is 1. The highest BCUT2D eigenvalue weighted by molar-refractivity contribution is 7.09. The van der Waals surface area contributed by atoms with Crippen LogP contribution in [-0.4, -0.2) is 17.2 Å². The van der Waals surface area contributed by atoms with Crippen LogP contribution in [0.2, 0.25) is 0 Å². The van der Waals surface area contributed by atoms with Gasteiger partial charge < -0.3 is 9.84 Å². The van der Waals surface area contributed by atoms with Gasteiger partial charge in [0.1, 0.15) is 5.75 Å². The molecule has 2 aromatic rings. The summed E-state index contributed by atoms with van der Waals surface area (Å²) in [7, 11) is 1.63. The molecule has 3 nitrogen and oxygen atoms in total. The van der Waals surface area contributed by atoms with Crippen LogP contribution in [0, 0.1) is 0 Å². The van der Waals surface area contributed by atoms with E-state index in [9.17, 15) is 5.11 Å². The van der Waals surface area contributed by atoms with Crippen molar-refractivity contribution in [3.05, 3.63) is 46.4 Å². The number of ether oxygens (including phenoxy) is 1. The maximum Gasteiger partial charge on any atom is 0.118 e.